The molecule has 4 aliphatic rings. The first-order chi connectivity index (χ1) is 13.1. The quantitative estimate of drug-likeness (QED) is 0.468. The van der Waals surface area contributed by atoms with Gasteiger partial charge in [-0.1, -0.05) is 0 Å². The van der Waals surface area contributed by atoms with Gasteiger partial charge in [-0.15, -0.1) is 0 Å². The molecule has 2 N–H and O–H groups in total. The molecule has 28 heavy (non-hydrogen) atoms. The minimum atomic E-state index is -1.31. The number of nitrogens with one attached hydrogen (secondary N) is 2. The third-order valence-corrected chi connectivity index (χ3v) is 7.66. The summed E-state index contributed by atoms with van der Waals surface area (Å²) in [6.07, 6.45) is -0.0999. The topological polar surface area (TPSA) is 114 Å². The Kier molecular flexibility index (Phi) is 3.89. The standard InChI is InChI=1S/C18H24N4O6/c1-16(2)17(21(23)24)8-19-10-18(16,22(25)26)11-20(9-17)15(19)12-5-6-13(27-3)14(7-12)28-4/h5-7,15H,8-11H2,1-4H3/p+2. The predicted octanol–water partition coefficient (Wildman–Crippen LogP) is -1.43. The second-order valence-corrected chi connectivity index (χ2v) is 8.77. The summed E-state index contributed by atoms with van der Waals surface area (Å²) in [7, 11) is 3.12. The van der Waals surface area contributed by atoms with Crippen molar-refractivity contribution in [3.63, 3.8) is 0 Å². The number of hydrogen-bond donors (Lipinski definition) is 2. The molecule has 4 heterocycles. The number of methoxy groups -OCH3 is 2. The Balaban J connectivity index is 1.81. The summed E-state index contributed by atoms with van der Waals surface area (Å²) in [4.78, 5) is 25.6. The monoisotopic (exact) mass is 394 g/mol. The zero-order valence-electron chi connectivity index (χ0n) is 16.5. The molecule has 0 radical (unpaired) electrons. The normalized spacial score (nSPS) is 37.5. The summed E-state index contributed by atoms with van der Waals surface area (Å²) in [5.41, 5.74) is -2.69. The SMILES string of the molecule is COc1ccc(C2[NH+]3CC4([N+](=O)[O-])C[NH+]2CC([N+](=O)[O-])(C3)C4(C)C)cc1OC. The molecule has 4 fully saturated rings. The molecular weight excluding hydrogens is 368 g/mol. The Morgan fingerprint density at radius 3 is 1.79 bits per heavy atom. The van der Waals surface area contributed by atoms with Crippen molar-refractivity contribution in [2.75, 3.05) is 40.4 Å². The highest BCUT2D eigenvalue weighted by atomic mass is 16.6. The molecule has 0 spiro atoms. The molecule has 0 amide bonds. The van der Waals surface area contributed by atoms with E-state index in [0.717, 1.165) is 15.4 Å². The van der Waals surface area contributed by atoms with Crippen molar-refractivity contribution in [3.05, 3.63) is 44.0 Å². The molecule has 1 aromatic rings. The van der Waals surface area contributed by atoms with Crippen LogP contribution in [0.1, 0.15) is 25.6 Å². The molecule has 0 atom stereocenters. The molecule has 0 saturated carbocycles. The fraction of sp³-hybridized carbons (Fsp3) is 0.667. The second kappa shape index (κ2) is 5.77. The van der Waals surface area contributed by atoms with E-state index in [0.29, 0.717) is 11.5 Å². The van der Waals surface area contributed by atoms with Crippen LogP contribution in [0, 0.1) is 25.6 Å². The molecule has 4 bridgehead atoms. The van der Waals surface area contributed by atoms with Crippen molar-refractivity contribution < 1.29 is 29.1 Å². The summed E-state index contributed by atoms with van der Waals surface area (Å²) in [6.45, 7) is 4.55. The van der Waals surface area contributed by atoms with Gasteiger partial charge in [0, 0.05) is 9.85 Å². The Bertz CT molecular complexity index is 804. The number of hydrogen-bond acceptors (Lipinski definition) is 6. The molecule has 4 saturated heterocycles. The highest BCUT2D eigenvalue weighted by Gasteiger charge is 2.87. The van der Waals surface area contributed by atoms with Crippen molar-refractivity contribution in [2.24, 2.45) is 5.41 Å². The molecule has 5 rings (SSSR count). The Labute approximate surface area is 162 Å². The minimum Gasteiger partial charge on any atom is -0.493 e. The smallest absolute Gasteiger partial charge is 0.329 e. The van der Waals surface area contributed by atoms with E-state index in [1.54, 1.807) is 28.1 Å². The summed E-state index contributed by atoms with van der Waals surface area (Å²) in [6, 6.07) is 5.63. The van der Waals surface area contributed by atoms with Gasteiger partial charge in [-0.2, -0.15) is 0 Å². The zero-order valence-corrected chi connectivity index (χ0v) is 16.5. The number of quaternary nitrogens is 2. The van der Waals surface area contributed by atoms with Gasteiger partial charge in [-0.25, -0.2) is 0 Å². The van der Waals surface area contributed by atoms with Crippen LogP contribution in [-0.2, 0) is 0 Å². The lowest BCUT2D eigenvalue weighted by Gasteiger charge is -2.60. The van der Waals surface area contributed by atoms with Gasteiger partial charge < -0.3 is 9.47 Å². The van der Waals surface area contributed by atoms with E-state index < -0.39 is 16.5 Å². The van der Waals surface area contributed by atoms with Gasteiger partial charge in [-0.3, -0.25) is 30.0 Å². The Morgan fingerprint density at radius 2 is 1.39 bits per heavy atom. The lowest BCUT2D eigenvalue weighted by molar-refractivity contribution is -1.20. The van der Waals surface area contributed by atoms with E-state index in [-0.39, 0.29) is 42.2 Å². The number of piperidine rings is 2. The molecular formula is C18H26N4O6+2. The van der Waals surface area contributed by atoms with E-state index in [4.69, 9.17) is 9.47 Å². The summed E-state index contributed by atoms with van der Waals surface area (Å²) >= 11 is 0. The molecule has 0 aromatic heterocycles. The van der Waals surface area contributed by atoms with E-state index in [1.165, 1.54) is 0 Å². The lowest BCUT2D eigenvalue weighted by Crippen LogP contribution is -3.43. The van der Waals surface area contributed by atoms with Crippen LogP contribution in [0.4, 0.5) is 0 Å². The average molecular weight is 394 g/mol. The highest BCUT2D eigenvalue weighted by molar-refractivity contribution is 5.43. The van der Waals surface area contributed by atoms with Crippen molar-refractivity contribution in [2.45, 2.75) is 31.1 Å². The van der Waals surface area contributed by atoms with Crippen LogP contribution in [0.5, 0.6) is 11.5 Å². The third-order valence-electron chi connectivity index (χ3n) is 7.66. The van der Waals surface area contributed by atoms with Crippen LogP contribution in [-0.4, -0.2) is 61.3 Å². The highest BCUT2D eigenvalue weighted by Crippen LogP contribution is 2.48. The van der Waals surface area contributed by atoms with E-state index in [9.17, 15) is 20.2 Å². The molecule has 152 valence electrons. The first-order valence-corrected chi connectivity index (χ1v) is 9.33. The zero-order chi connectivity index (χ0) is 20.5. The first-order valence-electron chi connectivity index (χ1n) is 9.33. The van der Waals surface area contributed by atoms with Gasteiger partial charge in [0.25, 0.3) is 0 Å². The Morgan fingerprint density at radius 1 is 0.929 bits per heavy atom. The second-order valence-electron chi connectivity index (χ2n) is 8.77. The van der Waals surface area contributed by atoms with Gasteiger partial charge in [-0.05, 0) is 32.0 Å². The summed E-state index contributed by atoms with van der Waals surface area (Å²) in [5.74, 6) is 1.19. The van der Waals surface area contributed by atoms with Crippen LogP contribution in [0.15, 0.2) is 18.2 Å². The van der Waals surface area contributed by atoms with Crippen LogP contribution in [0.25, 0.3) is 0 Å². The molecule has 4 aliphatic heterocycles. The maximum atomic E-state index is 12.2. The number of ether oxygens (including phenoxy) is 2. The lowest BCUT2D eigenvalue weighted by atomic mass is 9.53. The largest absolute Gasteiger partial charge is 0.493 e. The van der Waals surface area contributed by atoms with E-state index in [1.807, 2.05) is 18.2 Å². The molecule has 0 unspecified atom stereocenters. The maximum Gasteiger partial charge on any atom is 0.329 e. The average Bonchev–Trinajstić information content (AvgIpc) is 2.64. The van der Waals surface area contributed by atoms with Gasteiger partial charge in [0.2, 0.25) is 6.17 Å². The van der Waals surface area contributed by atoms with Gasteiger partial charge in [0.1, 0.15) is 5.41 Å². The predicted molar refractivity (Wildman–Crippen MR) is 96.9 cm³/mol. The van der Waals surface area contributed by atoms with Crippen molar-refractivity contribution in [3.8, 4) is 11.5 Å². The third kappa shape index (κ3) is 2.04. The van der Waals surface area contributed by atoms with Crippen LogP contribution < -0.4 is 19.3 Å². The molecule has 0 aliphatic carbocycles. The van der Waals surface area contributed by atoms with Gasteiger partial charge in [0.05, 0.1) is 19.8 Å². The number of benzene rings is 1. The van der Waals surface area contributed by atoms with Crippen molar-refractivity contribution in [1.29, 1.82) is 0 Å². The molecule has 10 nitrogen and oxygen atoms in total. The number of rotatable bonds is 5. The van der Waals surface area contributed by atoms with Crippen molar-refractivity contribution in [1.82, 2.24) is 0 Å². The maximum absolute atomic E-state index is 12.2. The molecule has 10 heteroatoms. The van der Waals surface area contributed by atoms with Crippen LogP contribution in [0.2, 0.25) is 0 Å². The first kappa shape index (κ1) is 18.9. The van der Waals surface area contributed by atoms with E-state index >= 15 is 0 Å². The summed E-state index contributed by atoms with van der Waals surface area (Å²) in [5, 5.41) is 24.4. The van der Waals surface area contributed by atoms with Gasteiger partial charge in [0.15, 0.2) is 37.7 Å². The van der Waals surface area contributed by atoms with Crippen LogP contribution in [0.3, 0.4) is 0 Å². The summed E-state index contributed by atoms with van der Waals surface area (Å²) < 4.78 is 10.7. The van der Waals surface area contributed by atoms with E-state index in [2.05, 4.69) is 0 Å². The minimum absolute atomic E-state index is 0.0999. The number of nitrogens with zero attached hydrogens (tertiary/aromatic N) is 2. The number of nitro groups is 2. The van der Waals surface area contributed by atoms with Crippen LogP contribution >= 0.6 is 0 Å². The van der Waals surface area contributed by atoms with Crippen molar-refractivity contribution >= 4 is 0 Å². The fourth-order valence-corrected chi connectivity index (χ4v) is 5.98. The Hall–Kier alpha value is -2.46. The fourth-order valence-electron chi connectivity index (χ4n) is 5.98. The molecule has 1 aromatic carbocycles. The van der Waals surface area contributed by atoms with Gasteiger partial charge >= 0.3 is 11.1 Å².